The van der Waals surface area contributed by atoms with Gasteiger partial charge in [0.25, 0.3) is 11.8 Å². The molecule has 2 heterocycles. The van der Waals surface area contributed by atoms with Crippen molar-refractivity contribution < 1.29 is 29.0 Å². The van der Waals surface area contributed by atoms with Gasteiger partial charge in [0.15, 0.2) is 0 Å². The van der Waals surface area contributed by atoms with Crippen LogP contribution in [0.2, 0.25) is 0 Å². The molecule has 0 spiro atoms. The number of imide groups is 1. The Morgan fingerprint density at radius 3 is 2.21 bits per heavy atom. The average molecular weight is 386 g/mol. The third-order valence-electron chi connectivity index (χ3n) is 5.66. The number of carboxylic acids is 1. The van der Waals surface area contributed by atoms with Crippen LogP contribution in [0, 0.1) is 5.41 Å². The summed E-state index contributed by atoms with van der Waals surface area (Å²) in [5.74, 6) is -1.86. The first kappa shape index (κ1) is 18.5. The van der Waals surface area contributed by atoms with Crippen LogP contribution >= 0.6 is 0 Å². The second kappa shape index (κ2) is 5.80. The summed E-state index contributed by atoms with van der Waals surface area (Å²) >= 11 is 0. The number of carbonyl (C=O) groups excluding carboxylic acids is 3. The zero-order valence-electron chi connectivity index (χ0n) is 16.0. The van der Waals surface area contributed by atoms with Crippen LogP contribution in [0.3, 0.4) is 0 Å². The second-order valence-corrected chi connectivity index (χ2v) is 8.77. The van der Waals surface area contributed by atoms with Gasteiger partial charge in [0.05, 0.1) is 11.1 Å². The van der Waals surface area contributed by atoms with E-state index in [1.165, 1.54) is 9.80 Å². The Morgan fingerprint density at radius 1 is 1.14 bits per heavy atom. The van der Waals surface area contributed by atoms with Gasteiger partial charge in [0.1, 0.15) is 11.6 Å². The summed E-state index contributed by atoms with van der Waals surface area (Å²) in [5, 5.41) is 9.59. The molecule has 3 amide bonds. The molecule has 8 nitrogen and oxygen atoms in total. The molecule has 3 atom stereocenters. The minimum Gasteiger partial charge on any atom is -0.480 e. The predicted octanol–water partition coefficient (Wildman–Crippen LogP) is 2.14. The van der Waals surface area contributed by atoms with Gasteiger partial charge in [-0.3, -0.25) is 19.4 Å². The number of carboxylic acid groups (broad SMARTS) is 1. The second-order valence-electron chi connectivity index (χ2n) is 8.77. The molecule has 0 aromatic heterocycles. The molecule has 0 bridgehead atoms. The largest absolute Gasteiger partial charge is 0.480 e. The Morgan fingerprint density at radius 2 is 1.71 bits per heavy atom. The zero-order chi connectivity index (χ0) is 20.4. The predicted molar refractivity (Wildman–Crippen MR) is 96.8 cm³/mol. The highest BCUT2D eigenvalue weighted by atomic mass is 16.6. The number of rotatable bonds is 3. The fourth-order valence-electron chi connectivity index (χ4n) is 4.35. The van der Waals surface area contributed by atoms with Gasteiger partial charge in [0, 0.05) is 18.0 Å². The van der Waals surface area contributed by atoms with Gasteiger partial charge in [-0.1, -0.05) is 12.1 Å². The Labute approximate surface area is 162 Å². The highest BCUT2D eigenvalue weighted by molar-refractivity contribution is 6.21. The number of ether oxygens (including phenoxy) is 1. The summed E-state index contributed by atoms with van der Waals surface area (Å²) in [6, 6.07) is 5.24. The minimum atomic E-state index is -1.11. The molecule has 2 fully saturated rings. The van der Waals surface area contributed by atoms with Gasteiger partial charge in [-0.05, 0) is 45.7 Å². The lowest BCUT2D eigenvalue weighted by Gasteiger charge is -2.28. The van der Waals surface area contributed by atoms with Crippen molar-refractivity contribution in [2.75, 3.05) is 6.54 Å². The van der Waals surface area contributed by atoms with E-state index in [2.05, 4.69) is 0 Å². The molecule has 1 aliphatic carbocycles. The van der Waals surface area contributed by atoms with E-state index < -0.39 is 29.1 Å². The van der Waals surface area contributed by atoms with Gasteiger partial charge in [0.2, 0.25) is 0 Å². The van der Waals surface area contributed by atoms with Crippen molar-refractivity contribution >= 4 is 23.9 Å². The van der Waals surface area contributed by atoms with Crippen molar-refractivity contribution in [3.8, 4) is 0 Å². The molecular formula is C20H22N2O6. The number of nitrogens with zero attached hydrogens (tertiary/aromatic N) is 2. The molecule has 3 aliphatic rings. The molecule has 1 saturated carbocycles. The third-order valence-corrected chi connectivity index (χ3v) is 5.66. The third kappa shape index (κ3) is 2.75. The number of benzene rings is 1. The van der Waals surface area contributed by atoms with Crippen molar-refractivity contribution in [3.05, 3.63) is 35.4 Å². The summed E-state index contributed by atoms with van der Waals surface area (Å²) in [5.41, 5.74) is -0.619. The lowest BCUT2D eigenvalue weighted by atomic mass is 9.99. The Bertz CT molecular complexity index is 869. The van der Waals surface area contributed by atoms with Gasteiger partial charge >= 0.3 is 12.1 Å². The van der Waals surface area contributed by atoms with Crippen molar-refractivity contribution in [3.63, 3.8) is 0 Å². The quantitative estimate of drug-likeness (QED) is 0.798. The molecule has 8 heteroatoms. The molecule has 28 heavy (non-hydrogen) atoms. The molecule has 1 aromatic rings. The van der Waals surface area contributed by atoms with Gasteiger partial charge < -0.3 is 9.84 Å². The Kier molecular flexibility index (Phi) is 3.82. The summed E-state index contributed by atoms with van der Waals surface area (Å²) in [6.07, 6.45) is 0.0648. The fourth-order valence-corrected chi connectivity index (χ4v) is 4.35. The van der Waals surface area contributed by atoms with E-state index in [0.29, 0.717) is 17.5 Å². The molecule has 4 rings (SSSR count). The maximum atomic E-state index is 12.7. The SMILES string of the molecule is CC(C)(C)OC(=O)N1C2CC2(CN2C(=O)c3ccccc3C2=O)C[C@H]1C(=O)O. The monoisotopic (exact) mass is 386 g/mol. The molecule has 1 aromatic carbocycles. The molecule has 1 saturated heterocycles. The lowest BCUT2D eigenvalue weighted by Crippen LogP contribution is -2.45. The Balaban J connectivity index is 1.56. The molecule has 2 aliphatic heterocycles. The summed E-state index contributed by atoms with van der Waals surface area (Å²) in [7, 11) is 0. The number of amides is 3. The first-order valence-electron chi connectivity index (χ1n) is 9.23. The molecule has 2 unspecified atom stereocenters. The average Bonchev–Trinajstić information content (AvgIpc) is 3.12. The van der Waals surface area contributed by atoms with E-state index in [0.717, 1.165) is 0 Å². The molecule has 1 N–H and O–H groups in total. The van der Waals surface area contributed by atoms with E-state index in [9.17, 15) is 24.3 Å². The van der Waals surface area contributed by atoms with Crippen LogP contribution in [0.1, 0.15) is 54.3 Å². The van der Waals surface area contributed by atoms with Crippen LogP contribution in [-0.2, 0) is 9.53 Å². The van der Waals surface area contributed by atoms with E-state index >= 15 is 0 Å². The van der Waals surface area contributed by atoms with Crippen molar-refractivity contribution in [2.45, 2.75) is 51.3 Å². The fraction of sp³-hybridized carbons (Fsp3) is 0.500. The standard InChI is InChI=1S/C20H22N2O6/c1-19(2,3)28-18(27)22-13(17(25)26)8-20(9-14(20)22)10-21-15(23)11-6-4-5-7-12(11)16(21)24/h4-7,13-14H,8-10H2,1-3H3,(H,25,26)/t13-,14?,20?/m0/s1. The van der Waals surface area contributed by atoms with E-state index in [-0.39, 0.29) is 30.8 Å². The number of fused-ring (bicyclic) bond motifs is 2. The minimum absolute atomic E-state index is 0.104. The normalized spacial score (nSPS) is 28.2. The number of aliphatic carboxylic acids is 1. The van der Waals surface area contributed by atoms with Gasteiger partial charge in [-0.25, -0.2) is 9.59 Å². The van der Waals surface area contributed by atoms with Crippen LogP contribution in [-0.4, -0.2) is 63.0 Å². The van der Waals surface area contributed by atoms with Gasteiger partial charge in [-0.15, -0.1) is 0 Å². The molecule has 148 valence electrons. The van der Waals surface area contributed by atoms with E-state index in [1.54, 1.807) is 45.0 Å². The van der Waals surface area contributed by atoms with Crippen LogP contribution in [0.15, 0.2) is 24.3 Å². The first-order chi connectivity index (χ1) is 13.0. The van der Waals surface area contributed by atoms with Crippen molar-refractivity contribution in [1.82, 2.24) is 9.80 Å². The number of likely N-dealkylation sites (tertiary alicyclic amines) is 1. The van der Waals surface area contributed by atoms with Crippen molar-refractivity contribution in [2.24, 2.45) is 5.41 Å². The highest BCUT2D eigenvalue weighted by Crippen LogP contribution is 2.60. The lowest BCUT2D eigenvalue weighted by molar-refractivity contribution is -0.142. The number of piperidine rings is 1. The summed E-state index contributed by atoms with van der Waals surface area (Å²) in [6.45, 7) is 5.26. The van der Waals surface area contributed by atoms with E-state index in [4.69, 9.17) is 4.74 Å². The zero-order valence-corrected chi connectivity index (χ0v) is 16.0. The number of hydrogen-bond donors (Lipinski definition) is 1. The van der Waals surface area contributed by atoms with Crippen LogP contribution in [0.5, 0.6) is 0 Å². The molecule has 0 radical (unpaired) electrons. The van der Waals surface area contributed by atoms with Gasteiger partial charge in [-0.2, -0.15) is 0 Å². The number of carbonyl (C=O) groups is 4. The first-order valence-corrected chi connectivity index (χ1v) is 9.23. The smallest absolute Gasteiger partial charge is 0.411 e. The van der Waals surface area contributed by atoms with Crippen LogP contribution in [0.4, 0.5) is 4.79 Å². The Hall–Kier alpha value is -2.90. The summed E-state index contributed by atoms with van der Waals surface area (Å²) < 4.78 is 5.38. The van der Waals surface area contributed by atoms with E-state index in [1.807, 2.05) is 0 Å². The maximum Gasteiger partial charge on any atom is 0.411 e. The van der Waals surface area contributed by atoms with Crippen molar-refractivity contribution in [1.29, 1.82) is 0 Å². The number of hydrogen-bond acceptors (Lipinski definition) is 5. The summed E-state index contributed by atoms with van der Waals surface area (Å²) in [4.78, 5) is 52.1. The highest BCUT2D eigenvalue weighted by Gasteiger charge is 2.69. The van der Waals surface area contributed by atoms with Crippen LogP contribution < -0.4 is 0 Å². The topological polar surface area (TPSA) is 104 Å². The van der Waals surface area contributed by atoms with Crippen LogP contribution in [0.25, 0.3) is 0 Å². The molecular weight excluding hydrogens is 364 g/mol. The maximum absolute atomic E-state index is 12.7.